The summed E-state index contributed by atoms with van der Waals surface area (Å²) in [4.78, 5) is 15.2. The Labute approximate surface area is 154 Å². The SMILES string of the molecule is CN(Cc1ccc(-c2ccc(Br)cc2)o1)C(=O)CCc1cccs1. The van der Waals surface area contributed by atoms with Gasteiger partial charge in [0.2, 0.25) is 5.91 Å². The molecule has 0 aliphatic carbocycles. The summed E-state index contributed by atoms with van der Waals surface area (Å²) in [7, 11) is 1.82. The van der Waals surface area contributed by atoms with Crippen molar-refractivity contribution in [2.75, 3.05) is 7.05 Å². The number of carbonyl (C=O) groups excluding carboxylic acids is 1. The number of rotatable bonds is 6. The maximum Gasteiger partial charge on any atom is 0.223 e. The van der Waals surface area contributed by atoms with Gasteiger partial charge in [-0.05, 0) is 42.1 Å². The molecular formula is C19H18BrNO2S. The highest BCUT2D eigenvalue weighted by Crippen LogP contribution is 2.24. The van der Waals surface area contributed by atoms with E-state index < -0.39 is 0 Å². The second-order valence-electron chi connectivity index (χ2n) is 5.60. The van der Waals surface area contributed by atoms with E-state index in [4.69, 9.17) is 4.42 Å². The fourth-order valence-corrected chi connectivity index (χ4v) is 3.40. The normalized spacial score (nSPS) is 10.8. The lowest BCUT2D eigenvalue weighted by molar-refractivity contribution is -0.130. The first kappa shape index (κ1) is 17.0. The molecule has 0 aliphatic rings. The molecule has 1 amide bonds. The topological polar surface area (TPSA) is 33.5 Å². The van der Waals surface area contributed by atoms with Gasteiger partial charge in [0.25, 0.3) is 0 Å². The summed E-state index contributed by atoms with van der Waals surface area (Å²) in [5, 5.41) is 2.04. The molecule has 3 nitrogen and oxygen atoms in total. The third-order valence-corrected chi connectivity index (χ3v) is 5.24. The predicted octanol–water partition coefficient (Wildman–Crippen LogP) is 5.36. The molecule has 2 aromatic heterocycles. The number of furan rings is 1. The van der Waals surface area contributed by atoms with Gasteiger partial charge in [-0.25, -0.2) is 0 Å². The molecule has 0 aliphatic heterocycles. The monoisotopic (exact) mass is 403 g/mol. The van der Waals surface area contributed by atoms with Crippen molar-refractivity contribution in [2.45, 2.75) is 19.4 Å². The molecule has 2 heterocycles. The first-order chi connectivity index (χ1) is 11.6. The molecule has 124 valence electrons. The summed E-state index contributed by atoms with van der Waals surface area (Å²) in [6, 6.07) is 15.9. The molecule has 0 spiro atoms. The smallest absolute Gasteiger partial charge is 0.223 e. The Morgan fingerprint density at radius 3 is 2.67 bits per heavy atom. The third kappa shape index (κ3) is 4.36. The highest BCUT2D eigenvalue weighted by atomic mass is 79.9. The number of carbonyl (C=O) groups is 1. The third-order valence-electron chi connectivity index (χ3n) is 3.77. The van der Waals surface area contributed by atoms with Gasteiger partial charge in [0.1, 0.15) is 11.5 Å². The number of hydrogen-bond acceptors (Lipinski definition) is 3. The Bertz CT molecular complexity index is 793. The van der Waals surface area contributed by atoms with Crippen LogP contribution in [0.2, 0.25) is 0 Å². The number of amides is 1. The quantitative estimate of drug-likeness (QED) is 0.554. The van der Waals surface area contributed by atoms with Gasteiger partial charge in [-0.1, -0.05) is 34.1 Å². The Morgan fingerprint density at radius 2 is 1.96 bits per heavy atom. The molecule has 5 heteroatoms. The molecule has 0 unspecified atom stereocenters. The van der Waals surface area contributed by atoms with Gasteiger partial charge in [-0.15, -0.1) is 11.3 Å². The van der Waals surface area contributed by atoms with Gasteiger partial charge < -0.3 is 9.32 Å². The van der Waals surface area contributed by atoms with Crippen LogP contribution in [-0.2, 0) is 17.8 Å². The van der Waals surface area contributed by atoms with Crippen LogP contribution in [-0.4, -0.2) is 17.9 Å². The van der Waals surface area contributed by atoms with Gasteiger partial charge in [-0.2, -0.15) is 0 Å². The van der Waals surface area contributed by atoms with E-state index in [2.05, 4.69) is 22.0 Å². The molecule has 0 atom stereocenters. The summed E-state index contributed by atoms with van der Waals surface area (Å²) >= 11 is 5.12. The molecule has 0 radical (unpaired) electrons. The molecular weight excluding hydrogens is 386 g/mol. The van der Waals surface area contributed by atoms with E-state index in [1.165, 1.54) is 4.88 Å². The number of aryl methyl sites for hydroxylation is 1. The van der Waals surface area contributed by atoms with Crippen LogP contribution in [0.5, 0.6) is 0 Å². The van der Waals surface area contributed by atoms with E-state index in [-0.39, 0.29) is 5.91 Å². The van der Waals surface area contributed by atoms with Gasteiger partial charge in [0, 0.05) is 28.4 Å². The number of hydrogen-bond donors (Lipinski definition) is 0. The van der Waals surface area contributed by atoms with Crippen LogP contribution < -0.4 is 0 Å². The van der Waals surface area contributed by atoms with E-state index in [1.807, 2.05) is 54.9 Å². The van der Waals surface area contributed by atoms with Gasteiger partial charge in [0.05, 0.1) is 6.54 Å². The van der Waals surface area contributed by atoms with Crippen LogP contribution in [0.4, 0.5) is 0 Å². The fraction of sp³-hybridized carbons (Fsp3) is 0.211. The Kier molecular flexibility index (Phi) is 5.53. The molecule has 24 heavy (non-hydrogen) atoms. The summed E-state index contributed by atoms with van der Waals surface area (Å²) in [6.07, 6.45) is 1.32. The van der Waals surface area contributed by atoms with Crippen LogP contribution in [0.25, 0.3) is 11.3 Å². The fourth-order valence-electron chi connectivity index (χ4n) is 2.43. The maximum absolute atomic E-state index is 12.2. The summed E-state index contributed by atoms with van der Waals surface area (Å²) < 4.78 is 6.91. The highest BCUT2D eigenvalue weighted by molar-refractivity contribution is 9.10. The van der Waals surface area contributed by atoms with Crippen molar-refractivity contribution in [3.8, 4) is 11.3 Å². The summed E-state index contributed by atoms with van der Waals surface area (Å²) in [5.74, 6) is 1.74. The first-order valence-corrected chi connectivity index (χ1v) is 9.40. The zero-order chi connectivity index (χ0) is 16.9. The van der Waals surface area contributed by atoms with E-state index in [0.29, 0.717) is 13.0 Å². The maximum atomic E-state index is 12.2. The largest absolute Gasteiger partial charge is 0.459 e. The minimum Gasteiger partial charge on any atom is -0.459 e. The predicted molar refractivity (Wildman–Crippen MR) is 101 cm³/mol. The minimum absolute atomic E-state index is 0.130. The highest BCUT2D eigenvalue weighted by Gasteiger charge is 2.12. The molecule has 3 aromatic rings. The number of benzene rings is 1. The first-order valence-electron chi connectivity index (χ1n) is 7.73. The Morgan fingerprint density at radius 1 is 1.17 bits per heavy atom. The lowest BCUT2D eigenvalue weighted by Crippen LogP contribution is -2.26. The average molecular weight is 404 g/mol. The van der Waals surface area contributed by atoms with Crippen molar-refractivity contribution >= 4 is 33.2 Å². The second kappa shape index (κ2) is 7.81. The van der Waals surface area contributed by atoms with Crippen molar-refractivity contribution in [1.29, 1.82) is 0 Å². The lowest BCUT2D eigenvalue weighted by Gasteiger charge is -2.15. The number of halogens is 1. The molecule has 0 saturated heterocycles. The number of nitrogens with zero attached hydrogens (tertiary/aromatic N) is 1. The van der Waals surface area contributed by atoms with Gasteiger partial charge in [0.15, 0.2) is 0 Å². The van der Waals surface area contributed by atoms with Crippen LogP contribution in [0.15, 0.2) is 62.8 Å². The summed E-state index contributed by atoms with van der Waals surface area (Å²) in [6.45, 7) is 0.486. The van der Waals surface area contributed by atoms with E-state index in [1.54, 1.807) is 16.2 Å². The van der Waals surface area contributed by atoms with Crippen molar-refractivity contribution in [1.82, 2.24) is 4.90 Å². The summed E-state index contributed by atoms with van der Waals surface area (Å²) in [5.41, 5.74) is 1.02. The van der Waals surface area contributed by atoms with Crippen molar-refractivity contribution in [3.05, 3.63) is 69.0 Å². The Balaban J connectivity index is 1.57. The van der Waals surface area contributed by atoms with Crippen LogP contribution in [0, 0.1) is 0 Å². The van der Waals surface area contributed by atoms with Crippen molar-refractivity contribution < 1.29 is 9.21 Å². The van der Waals surface area contributed by atoms with Gasteiger partial charge in [-0.3, -0.25) is 4.79 Å². The molecule has 0 saturated carbocycles. The molecule has 3 rings (SSSR count). The van der Waals surface area contributed by atoms with Crippen molar-refractivity contribution in [3.63, 3.8) is 0 Å². The second-order valence-corrected chi connectivity index (χ2v) is 7.55. The van der Waals surface area contributed by atoms with Crippen LogP contribution >= 0.6 is 27.3 Å². The van der Waals surface area contributed by atoms with Gasteiger partial charge >= 0.3 is 0 Å². The van der Waals surface area contributed by atoms with E-state index in [0.717, 1.165) is 28.0 Å². The molecule has 0 bridgehead atoms. The average Bonchev–Trinajstić information content (AvgIpc) is 3.25. The molecule has 0 fully saturated rings. The Hall–Kier alpha value is -1.85. The van der Waals surface area contributed by atoms with Crippen LogP contribution in [0.3, 0.4) is 0 Å². The van der Waals surface area contributed by atoms with E-state index >= 15 is 0 Å². The minimum atomic E-state index is 0.130. The molecule has 1 aromatic carbocycles. The lowest BCUT2D eigenvalue weighted by atomic mass is 10.2. The zero-order valence-electron chi connectivity index (χ0n) is 13.4. The standard InChI is InChI=1S/C19H18BrNO2S/c1-21(19(22)11-9-17-3-2-12-24-17)13-16-8-10-18(23-16)14-4-6-15(20)7-5-14/h2-8,10,12H,9,11,13H2,1H3. The van der Waals surface area contributed by atoms with Crippen LogP contribution in [0.1, 0.15) is 17.1 Å². The zero-order valence-corrected chi connectivity index (χ0v) is 15.8. The van der Waals surface area contributed by atoms with Crippen molar-refractivity contribution in [2.24, 2.45) is 0 Å². The molecule has 0 N–H and O–H groups in total. The van der Waals surface area contributed by atoms with E-state index in [9.17, 15) is 4.79 Å². The number of thiophene rings is 1.